The molecule has 25 heavy (non-hydrogen) atoms. The highest BCUT2D eigenvalue weighted by atomic mass is 35.5. The minimum Gasteiger partial charge on any atom is -0.493 e. The molecule has 0 spiro atoms. The quantitative estimate of drug-likeness (QED) is 0.783. The van der Waals surface area contributed by atoms with E-state index in [-0.39, 0.29) is 12.5 Å². The monoisotopic (exact) mass is 364 g/mol. The molecule has 0 aliphatic heterocycles. The zero-order valence-electron chi connectivity index (χ0n) is 14.6. The maximum absolute atomic E-state index is 12.1. The Balaban J connectivity index is 2.04. The Hall–Kier alpha value is -2.60. The molecular formula is C18H21ClN2O4. The number of aryl methyl sites for hydroxylation is 1. The smallest absolute Gasteiger partial charge is 0.243 e. The lowest BCUT2D eigenvalue weighted by Crippen LogP contribution is -2.21. The summed E-state index contributed by atoms with van der Waals surface area (Å²) in [4.78, 5) is 12.1. The number of methoxy groups -OCH3 is 3. The molecule has 0 unspecified atom stereocenters. The van der Waals surface area contributed by atoms with Crippen LogP contribution in [0.5, 0.6) is 17.2 Å². The summed E-state index contributed by atoms with van der Waals surface area (Å²) < 4.78 is 15.8. The van der Waals surface area contributed by atoms with E-state index in [1.165, 1.54) is 21.3 Å². The van der Waals surface area contributed by atoms with E-state index in [1.54, 1.807) is 24.3 Å². The second-order valence-corrected chi connectivity index (χ2v) is 5.69. The van der Waals surface area contributed by atoms with Crippen molar-refractivity contribution in [2.45, 2.75) is 6.92 Å². The molecule has 1 amide bonds. The van der Waals surface area contributed by atoms with Crippen molar-refractivity contribution in [3.8, 4) is 17.2 Å². The molecule has 0 aromatic heterocycles. The minimum absolute atomic E-state index is 0.0735. The van der Waals surface area contributed by atoms with E-state index in [0.717, 1.165) is 5.56 Å². The highest BCUT2D eigenvalue weighted by Crippen LogP contribution is 2.39. The van der Waals surface area contributed by atoms with Gasteiger partial charge in [-0.05, 0) is 24.6 Å². The van der Waals surface area contributed by atoms with Crippen LogP contribution < -0.4 is 24.8 Å². The number of halogens is 1. The molecule has 0 radical (unpaired) electrons. The first-order chi connectivity index (χ1) is 12.0. The summed E-state index contributed by atoms with van der Waals surface area (Å²) >= 11 is 6.06. The standard InChI is InChI=1S/C18H21ClN2O4/c1-11-5-6-12(7-14(11)19)21-17(22)10-20-13-8-15(23-2)18(25-4)16(9-13)24-3/h5-9,20H,10H2,1-4H3,(H,21,22). The number of anilines is 2. The van der Waals surface area contributed by atoms with Crippen molar-refractivity contribution in [2.24, 2.45) is 0 Å². The summed E-state index contributed by atoms with van der Waals surface area (Å²) in [6.07, 6.45) is 0. The average molecular weight is 365 g/mol. The third-order valence-electron chi connectivity index (χ3n) is 3.57. The first-order valence-corrected chi connectivity index (χ1v) is 7.96. The molecule has 0 fully saturated rings. The van der Waals surface area contributed by atoms with Crippen LogP contribution in [-0.2, 0) is 4.79 Å². The van der Waals surface area contributed by atoms with Gasteiger partial charge in [0, 0.05) is 28.5 Å². The number of ether oxygens (including phenoxy) is 3. The molecule has 7 heteroatoms. The summed E-state index contributed by atoms with van der Waals surface area (Å²) in [7, 11) is 4.61. The summed E-state index contributed by atoms with van der Waals surface area (Å²) in [5.41, 5.74) is 2.27. The molecule has 0 atom stereocenters. The van der Waals surface area contributed by atoms with Crippen LogP contribution in [0.1, 0.15) is 5.56 Å². The van der Waals surface area contributed by atoms with Gasteiger partial charge in [0.2, 0.25) is 11.7 Å². The molecule has 0 heterocycles. The Morgan fingerprint density at radius 1 is 1.00 bits per heavy atom. The van der Waals surface area contributed by atoms with E-state index in [4.69, 9.17) is 25.8 Å². The first-order valence-electron chi connectivity index (χ1n) is 7.58. The largest absolute Gasteiger partial charge is 0.493 e. The van der Waals surface area contributed by atoms with Crippen molar-refractivity contribution in [1.82, 2.24) is 0 Å². The SMILES string of the molecule is COc1cc(NCC(=O)Nc2ccc(C)c(Cl)c2)cc(OC)c1OC. The lowest BCUT2D eigenvalue weighted by Gasteiger charge is -2.15. The normalized spacial score (nSPS) is 10.1. The fourth-order valence-corrected chi connectivity index (χ4v) is 2.42. The van der Waals surface area contributed by atoms with Crippen LogP contribution in [0.25, 0.3) is 0 Å². The van der Waals surface area contributed by atoms with Crippen molar-refractivity contribution in [3.05, 3.63) is 40.9 Å². The zero-order valence-corrected chi connectivity index (χ0v) is 15.4. The van der Waals surface area contributed by atoms with Crippen LogP contribution >= 0.6 is 11.6 Å². The molecular weight excluding hydrogens is 344 g/mol. The first kappa shape index (κ1) is 18.7. The van der Waals surface area contributed by atoms with Crippen molar-refractivity contribution in [3.63, 3.8) is 0 Å². The van der Waals surface area contributed by atoms with Gasteiger partial charge in [0.05, 0.1) is 27.9 Å². The summed E-state index contributed by atoms with van der Waals surface area (Å²) in [5, 5.41) is 6.42. The van der Waals surface area contributed by atoms with Gasteiger partial charge in [-0.2, -0.15) is 0 Å². The number of amides is 1. The van der Waals surface area contributed by atoms with Gasteiger partial charge in [-0.15, -0.1) is 0 Å². The Kier molecular flexibility index (Phi) is 6.36. The van der Waals surface area contributed by atoms with Crippen LogP contribution in [0.15, 0.2) is 30.3 Å². The number of hydrogen-bond donors (Lipinski definition) is 2. The van der Waals surface area contributed by atoms with Gasteiger partial charge in [0.25, 0.3) is 0 Å². The molecule has 0 bridgehead atoms. The summed E-state index contributed by atoms with van der Waals surface area (Å²) in [6.45, 7) is 1.98. The fraction of sp³-hybridized carbons (Fsp3) is 0.278. The number of nitrogens with one attached hydrogen (secondary N) is 2. The molecule has 2 rings (SSSR count). The van der Waals surface area contributed by atoms with Crippen molar-refractivity contribution in [1.29, 1.82) is 0 Å². The molecule has 0 aliphatic carbocycles. The number of hydrogen-bond acceptors (Lipinski definition) is 5. The van der Waals surface area contributed by atoms with E-state index in [1.807, 2.05) is 13.0 Å². The zero-order chi connectivity index (χ0) is 18.4. The van der Waals surface area contributed by atoms with E-state index in [9.17, 15) is 4.79 Å². The second kappa shape index (κ2) is 8.48. The van der Waals surface area contributed by atoms with E-state index in [2.05, 4.69) is 10.6 Å². The van der Waals surface area contributed by atoms with Crippen molar-refractivity contribution < 1.29 is 19.0 Å². The van der Waals surface area contributed by atoms with Crippen LogP contribution in [-0.4, -0.2) is 33.8 Å². The topological polar surface area (TPSA) is 68.8 Å². The van der Waals surface area contributed by atoms with Crippen LogP contribution in [0.3, 0.4) is 0 Å². The van der Waals surface area contributed by atoms with E-state index < -0.39 is 0 Å². The van der Waals surface area contributed by atoms with Gasteiger partial charge in [0.15, 0.2) is 11.5 Å². The van der Waals surface area contributed by atoms with Gasteiger partial charge in [-0.25, -0.2) is 0 Å². The van der Waals surface area contributed by atoms with Crippen molar-refractivity contribution >= 4 is 28.9 Å². The summed E-state index contributed by atoms with van der Waals surface area (Å²) in [6, 6.07) is 8.84. The van der Waals surface area contributed by atoms with Gasteiger partial charge in [0.1, 0.15) is 0 Å². The number of rotatable bonds is 7. The summed E-state index contributed by atoms with van der Waals surface area (Å²) in [5.74, 6) is 1.31. The van der Waals surface area contributed by atoms with Gasteiger partial charge < -0.3 is 24.8 Å². The Morgan fingerprint density at radius 3 is 2.16 bits per heavy atom. The molecule has 0 aliphatic rings. The lowest BCUT2D eigenvalue weighted by atomic mass is 10.2. The number of benzene rings is 2. The highest BCUT2D eigenvalue weighted by Gasteiger charge is 2.13. The Morgan fingerprint density at radius 2 is 1.64 bits per heavy atom. The maximum Gasteiger partial charge on any atom is 0.243 e. The lowest BCUT2D eigenvalue weighted by molar-refractivity contribution is -0.114. The molecule has 134 valence electrons. The molecule has 2 N–H and O–H groups in total. The van der Waals surface area contributed by atoms with Crippen LogP contribution in [0.4, 0.5) is 11.4 Å². The molecule has 6 nitrogen and oxygen atoms in total. The van der Waals surface area contributed by atoms with Gasteiger partial charge in [-0.1, -0.05) is 17.7 Å². The van der Waals surface area contributed by atoms with Crippen LogP contribution in [0.2, 0.25) is 5.02 Å². The fourth-order valence-electron chi connectivity index (χ4n) is 2.24. The predicted molar refractivity (Wildman–Crippen MR) is 99.4 cm³/mol. The Bertz CT molecular complexity index is 740. The minimum atomic E-state index is -0.200. The van der Waals surface area contributed by atoms with Crippen molar-refractivity contribution in [2.75, 3.05) is 38.5 Å². The van der Waals surface area contributed by atoms with E-state index >= 15 is 0 Å². The van der Waals surface area contributed by atoms with Gasteiger partial charge >= 0.3 is 0 Å². The predicted octanol–water partition coefficient (Wildman–Crippen LogP) is 3.72. The third-order valence-corrected chi connectivity index (χ3v) is 3.98. The third kappa shape index (κ3) is 4.70. The van der Waals surface area contributed by atoms with Crippen LogP contribution in [0, 0.1) is 6.92 Å². The average Bonchev–Trinajstić information content (AvgIpc) is 2.62. The van der Waals surface area contributed by atoms with E-state index in [0.29, 0.717) is 33.6 Å². The second-order valence-electron chi connectivity index (χ2n) is 5.28. The molecule has 2 aromatic rings. The van der Waals surface area contributed by atoms with Gasteiger partial charge in [-0.3, -0.25) is 4.79 Å². The molecule has 2 aromatic carbocycles. The number of carbonyl (C=O) groups is 1. The number of carbonyl (C=O) groups excluding carboxylic acids is 1. The molecule has 0 saturated carbocycles. The highest BCUT2D eigenvalue weighted by molar-refractivity contribution is 6.31. The maximum atomic E-state index is 12.1. The molecule has 0 saturated heterocycles. The Labute approximate surface area is 152 Å².